The van der Waals surface area contributed by atoms with Crippen molar-refractivity contribution in [2.45, 2.75) is 230 Å². The summed E-state index contributed by atoms with van der Waals surface area (Å²) in [6.07, 6.45) is 42.1. The van der Waals surface area contributed by atoms with Gasteiger partial charge in [-0.05, 0) is 102 Å². The van der Waals surface area contributed by atoms with E-state index in [4.69, 9.17) is 25.2 Å². The summed E-state index contributed by atoms with van der Waals surface area (Å²) in [6.45, 7) is 0.819. The van der Waals surface area contributed by atoms with Crippen molar-refractivity contribution in [3.05, 3.63) is 24.3 Å². The van der Waals surface area contributed by atoms with Gasteiger partial charge >= 0.3 is 0 Å². The van der Waals surface area contributed by atoms with E-state index in [1.807, 2.05) is 0 Å². The molecular formula is C48H94O9. The van der Waals surface area contributed by atoms with Gasteiger partial charge in [-0.3, -0.25) is 0 Å². The lowest BCUT2D eigenvalue weighted by Gasteiger charge is -2.21. The molecule has 0 saturated heterocycles. The predicted molar refractivity (Wildman–Crippen MR) is 236 cm³/mol. The van der Waals surface area contributed by atoms with Crippen LogP contribution in [0.4, 0.5) is 0 Å². The molecule has 0 aromatic rings. The van der Waals surface area contributed by atoms with Crippen LogP contribution in [0.5, 0.6) is 0 Å². The van der Waals surface area contributed by atoms with E-state index in [1.165, 1.54) is 128 Å². The van der Waals surface area contributed by atoms with Gasteiger partial charge in [-0.2, -0.15) is 0 Å². The first-order chi connectivity index (χ1) is 27.9. The molecule has 0 aliphatic carbocycles. The topological polar surface area (TPSA) is 171 Å². The minimum Gasteiger partial charge on any atom is -0.394 e. The van der Waals surface area contributed by atoms with E-state index >= 15 is 0 Å². The zero-order chi connectivity index (χ0) is 41.9. The van der Waals surface area contributed by atoms with Crippen molar-refractivity contribution >= 4 is 0 Å². The first kappa shape index (κ1) is 56.1. The van der Waals surface area contributed by atoms with Crippen LogP contribution in [0.3, 0.4) is 0 Å². The monoisotopic (exact) mass is 815 g/mol. The second kappa shape index (κ2) is 44.7. The van der Waals surface area contributed by atoms with Gasteiger partial charge in [-0.1, -0.05) is 140 Å². The van der Waals surface area contributed by atoms with Crippen LogP contribution in [-0.2, 0) is 4.74 Å². The molecule has 340 valence electrons. The molecule has 0 aliphatic heterocycles. The van der Waals surface area contributed by atoms with Crippen molar-refractivity contribution in [3.8, 4) is 0 Å². The van der Waals surface area contributed by atoms with E-state index in [2.05, 4.69) is 24.3 Å². The number of hydrogen-bond acceptors (Lipinski definition) is 9. The van der Waals surface area contributed by atoms with Crippen LogP contribution < -0.4 is 0 Å². The summed E-state index contributed by atoms with van der Waals surface area (Å²) in [5.74, 6) is 0.280. The number of allylic oxidation sites excluding steroid dienone is 4. The summed E-state index contributed by atoms with van der Waals surface area (Å²) in [7, 11) is 0. The van der Waals surface area contributed by atoms with Crippen molar-refractivity contribution in [2.24, 2.45) is 11.8 Å². The maximum Gasteiger partial charge on any atom is 0.0773 e. The van der Waals surface area contributed by atoms with Crippen molar-refractivity contribution in [1.29, 1.82) is 0 Å². The summed E-state index contributed by atoms with van der Waals surface area (Å²) in [5.41, 5.74) is 0. The zero-order valence-electron chi connectivity index (χ0n) is 36.6. The highest BCUT2D eigenvalue weighted by molar-refractivity contribution is 4.82. The molecule has 0 bridgehead atoms. The van der Waals surface area contributed by atoms with Crippen LogP contribution in [0.2, 0.25) is 0 Å². The molecule has 57 heavy (non-hydrogen) atoms. The summed E-state index contributed by atoms with van der Waals surface area (Å²) < 4.78 is 5.87. The minimum atomic E-state index is -0.742. The molecule has 8 N–H and O–H groups in total. The summed E-state index contributed by atoms with van der Waals surface area (Å²) in [4.78, 5) is 0. The van der Waals surface area contributed by atoms with Crippen LogP contribution in [0.25, 0.3) is 0 Å². The fraction of sp³-hybridized carbons (Fsp3) is 0.917. The van der Waals surface area contributed by atoms with E-state index < -0.39 is 24.4 Å². The lowest BCUT2D eigenvalue weighted by Crippen LogP contribution is -2.23. The number of aliphatic hydroxyl groups excluding tert-OH is 8. The Labute approximate surface area is 350 Å². The van der Waals surface area contributed by atoms with Crippen LogP contribution in [0, 0.1) is 11.8 Å². The average molecular weight is 815 g/mol. The van der Waals surface area contributed by atoms with Crippen LogP contribution >= 0.6 is 0 Å². The quantitative estimate of drug-likeness (QED) is 0.0220. The van der Waals surface area contributed by atoms with Gasteiger partial charge in [-0.25, -0.2) is 0 Å². The van der Waals surface area contributed by atoms with Gasteiger partial charge in [0.2, 0.25) is 0 Å². The number of hydrogen-bond donors (Lipinski definition) is 8. The highest BCUT2D eigenvalue weighted by Crippen LogP contribution is 2.23. The molecule has 9 heteroatoms. The van der Waals surface area contributed by atoms with E-state index in [9.17, 15) is 20.4 Å². The minimum absolute atomic E-state index is 0.140. The Morgan fingerprint density at radius 1 is 0.298 bits per heavy atom. The predicted octanol–water partition coefficient (Wildman–Crippen LogP) is 9.24. The van der Waals surface area contributed by atoms with E-state index in [0.29, 0.717) is 25.7 Å². The Morgan fingerprint density at radius 3 is 0.789 bits per heavy atom. The third-order valence-corrected chi connectivity index (χ3v) is 11.4. The van der Waals surface area contributed by atoms with E-state index in [-0.39, 0.29) is 38.3 Å². The summed E-state index contributed by atoms with van der Waals surface area (Å²) in [6, 6.07) is 0. The average Bonchev–Trinajstić information content (AvgIpc) is 3.21. The molecule has 0 spiro atoms. The number of aliphatic hydroxyl groups is 8. The van der Waals surface area contributed by atoms with E-state index in [0.717, 1.165) is 64.6 Å². The second-order valence-corrected chi connectivity index (χ2v) is 17.1. The normalized spacial score (nSPS) is 15.4. The number of ether oxygens (including phenoxy) is 1. The smallest absolute Gasteiger partial charge is 0.0773 e. The van der Waals surface area contributed by atoms with E-state index in [1.54, 1.807) is 0 Å². The molecule has 0 radical (unpaired) electrons. The summed E-state index contributed by atoms with van der Waals surface area (Å²) in [5, 5.41) is 75.5. The molecule has 0 aromatic heterocycles. The molecular weight excluding hydrogens is 721 g/mol. The molecule has 0 aliphatic rings. The van der Waals surface area contributed by atoms with Crippen molar-refractivity contribution in [2.75, 3.05) is 39.6 Å². The molecule has 0 fully saturated rings. The lowest BCUT2D eigenvalue weighted by molar-refractivity contribution is 0.0417. The highest BCUT2D eigenvalue weighted by atomic mass is 16.5. The lowest BCUT2D eigenvalue weighted by atomic mass is 9.90. The molecule has 0 aromatic carbocycles. The molecule has 0 saturated carbocycles. The SMILES string of the molecule is OCC(O)CC(CCCCCCC/C=C\CCCCCCCCOCCCCCCCC/C=C\CCCCCCCC(CC(O)CO)CC(O)CO)CC(O)CO. The molecule has 9 nitrogen and oxygen atoms in total. The van der Waals surface area contributed by atoms with Crippen molar-refractivity contribution in [3.63, 3.8) is 0 Å². The summed E-state index contributed by atoms with van der Waals surface area (Å²) >= 11 is 0. The molecule has 0 rings (SSSR count). The standard InChI is InChI=1S/C48H94O9/c49-39-45(53)35-43(36-46(54)40-50)31-27-23-19-15-11-7-3-1-5-9-13-17-21-25-29-33-57-34-30-26-22-18-14-10-6-2-4-8-12-16-20-24-28-32-44(37-47(55)41-51)38-48(56)42-52/h1-4,43-56H,5-42H2/b3-1-,4-2-. The van der Waals surface area contributed by atoms with Crippen molar-refractivity contribution < 1.29 is 45.6 Å². The van der Waals surface area contributed by atoms with Gasteiger partial charge in [0.25, 0.3) is 0 Å². The van der Waals surface area contributed by atoms with Crippen LogP contribution in [-0.4, -0.2) is 105 Å². The maximum absolute atomic E-state index is 9.75. The number of unbranched alkanes of at least 4 members (excludes halogenated alkanes) is 22. The Kier molecular flexibility index (Phi) is 44.0. The van der Waals surface area contributed by atoms with Gasteiger partial charge in [-0.15, -0.1) is 0 Å². The van der Waals surface area contributed by atoms with Gasteiger partial charge in [0, 0.05) is 13.2 Å². The first-order valence-electron chi connectivity index (χ1n) is 23.9. The first-order valence-corrected chi connectivity index (χ1v) is 23.9. The van der Waals surface area contributed by atoms with Gasteiger partial charge in [0.15, 0.2) is 0 Å². The molecule has 0 heterocycles. The Morgan fingerprint density at radius 2 is 0.526 bits per heavy atom. The fourth-order valence-corrected chi connectivity index (χ4v) is 7.87. The Hall–Kier alpha value is -0.880. The molecule has 0 amide bonds. The maximum atomic E-state index is 9.75. The fourth-order valence-electron chi connectivity index (χ4n) is 7.87. The Balaban J connectivity index is 3.41. The molecule has 4 unspecified atom stereocenters. The Bertz CT molecular complexity index is 751. The third kappa shape index (κ3) is 41.6. The van der Waals surface area contributed by atoms with Gasteiger partial charge < -0.3 is 45.6 Å². The van der Waals surface area contributed by atoms with Crippen LogP contribution in [0.15, 0.2) is 24.3 Å². The largest absolute Gasteiger partial charge is 0.394 e. The second-order valence-electron chi connectivity index (χ2n) is 17.1. The number of rotatable bonds is 46. The van der Waals surface area contributed by atoms with Crippen molar-refractivity contribution in [1.82, 2.24) is 0 Å². The third-order valence-electron chi connectivity index (χ3n) is 11.4. The van der Waals surface area contributed by atoms with Crippen LogP contribution in [0.1, 0.15) is 205 Å². The molecule has 4 atom stereocenters. The highest BCUT2D eigenvalue weighted by Gasteiger charge is 2.19. The zero-order valence-corrected chi connectivity index (χ0v) is 36.6. The van der Waals surface area contributed by atoms with Gasteiger partial charge in [0.1, 0.15) is 0 Å². The van der Waals surface area contributed by atoms with Gasteiger partial charge in [0.05, 0.1) is 50.8 Å².